The van der Waals surface area contributed by atoms with E-state index in [2.05, 4.69) is 26.5 Å². The maximum Gasteiger partial charge on any atom is 0.343 e. The second-order valence-corrected chi connectivity index (χ2v) is 8.15. The second kappa shape index (κ2) is 11.2. The standard InChI is InChI=1S/C23H17BrCl2N2O5/c1-31-16-6-3-14(4-7-16)23(30)33-21-17(24)9-13(10-20(21)32-2)12-27-28-22(29)15-5-8-18(25)19(26)11-15/h3-12H,1-2H3,(H,28,29)/b27-12-. The van der Waals surface area contributed by atoms with Gasteiger partial charge in [0, 0.05) is 5.56 Å². The van der Waals surface area contributed by atoms with E-state index < -0.39 is 11.9 Å². The fraction of sp³-hybridized carbons (Fsp3) is 0.0870. The van der Waals surface area contributed by atoms with E-state index in [0.717, 1.165) is 0 Å². The van der Waals surface area contributed by atoms with Gasteiger partial charge in [-0.05, 0) is 76.1 Å². The average Bonchev–Trinajstić information content (AvgIpc) is 2.82. The Bertz CT molecular complexity index is 1220. The summed E-state index contributed by atoms with van der Waals surface area (Å²) < 4.78 is 16.4. The monoisotopic (exact) mass is 550 g/mol. The molecule has 0 aromatic heterocycles. The van der Waals surface area contributed by atoms with E-state index in [0.29, 0.717) is 37.7 Å². The Labute approximate surface area is 208 Å². The summed E-state index contributed by atoms with van der Waals surface area (Å²) in [7, 11) is 2.98. The van der Waals surface area contributed by atoms with Crippen molar-refractivity contribution < 1.29 is 23.8 Å². The molecule has 0 aliphatic rings. The van der Waals surface area contributed by atoms with Gasteiger partial charge in [-0.1, -0.05) is 23.2 Å². The first-order chi connectivity index (χ1) is 15.8. The number of nitrogens with zero attached hydrogens (tertiary/aromatic N) is 1. The van der Waals surface area contributed by atoms with Crippen LogP contribution in [0, 0.1) is 0 Å². The van der Waals surface area contributed by atoms with Gasteiger partial charge >= 0.3 is 5.97 Å². The van der Waals surface area contributed by atoms with Gasteiger partial charge in [-0.2, -0.15) is 5.10 Å². The van der Waals surface area contributed by atoms with E-state index in [9.17, 15) is 9.59 Å². The molecule has 0 heterocycles. The van der Waals surface area contributed by atoms with Gasteiger partial charge in [0.05, 0.1) is 40.5 Å². The second-order valence-electron chi connectivity index (χ2n) is 6.48. The Morgan fingerprint density at radius 3 is 2.27 bits per heavy atom. The van der Waals surface area contributed by atoms with Crippen LogP contribution in [0.1, 0.15) is 26.3 Å². The van der Waals surface area contributed by atoms with Gasteiger partial charge in [0.25, 0.3) is 5.91 Å². The highest BCUT2D eigenvalue weighted by Gasteiger charge is 2.17. The molecule has 0 atom stereocenters. The van der Waals surface area contributed by atoms with Crippen molar-refractivity contribution in [3.05, 3.63) is 85.8 Å². The lowest BCUT2D eigenvalue weighted by atomic mass is 10.2. The predicted molar refractivity (Wildman–Crippen MR) is 130 cm³/mol. The minimum atomic E-state index is -0.563. The number of methoxy groups -OCH3 is 2. The Morgan fingerprint density at radius 2 is 1.64 bits per heavy atom. The molecule has 0 unspecified atom stereocenters. The highest BCUT2D eigenvalue weighted by atomic mass is 79.9. The summed E-state index contributed by atoms with van der Waals surface area (Å²) in [5.74, 6) is 0.104. The molecule has 0 aliphatic heterocycles. The van der Waals surface area contributed by atoms with Gasteiger partial charge in [-0.3, -0.25) is 4.79 Å². The Balaban J connectivity index is 1.73. The molecule has 0 spiro atoms. The molecule has 0 saturated carbocycles. The Hall–Kier alpha value is -3.07. The zero-order valence-electron chi connectivity index (χ0n) is 17.4. The molecule has 0 aliphatic carbocycles. The lowest BCUT2D eigenvalue weighted by Crippen LogP contribution is -2.17. The SMILES string of the molecule is COc1ccc(C(=O)Oc2c(Br)cc(/C=N\NC(=O)c3ccc(Cl)c(Cl)c3)cc2OC)cc1. The molecule has 0 saturated heterocycles. The molecule has 1 amide bonds. The van der Waals surface area contributed by atoms with Crippen LogP contribution in [0.2, 0.25) is 10.0 Å². The molecule has 3 aromatic carbocycles. The van der Waals surface area contributed by atoms with Crippen molar-refractivity contribution in [2.75, 3.05) is 14.2 Å². The minimum Gasteiger partial charge on any atom is -0.497 e. The van der Waals surface area contributed by atoms with E-state index in [1.54, 1.807) is 43.5 Å². The molecule has 3 aromatic rings. The summed E-state index contributed by atoms with van der Waals surface area (Å²) in [6.45, 7) is 0. The van der Waals surface area contributed by atoms with Crippen LogP contribution >= 0.6 is 39.1 Å². The Kier molecular flexibility index (Phi) is 8.32. The quantitative estimate of drug-likeness (QED) is 0.175. The fourth-order valence-corrected chi connectivity index (χ4v) is 3.50. The summed E-state index contributed by atoms with van der Waals surface area (Å²) in [5, 5.41) is 4.56. The van der Waals surface area contributed by atoms with Gasteiger partial charge in [-0.25, -0.2) is 10.2 Å². The number of carbonyl (C=O) groups is 2. The summed E-state index contributed by atoms with van der Waals surface area (Å²) >= 11 is 15.2. The smallest absolute Gasteiger partial charge is 0.343 e. The Morgan fingerprint density at radius 1 is 0.939 bits per heavy atom. The molecule has 7 nitrogen and oxygen atoms in total. The van der Waals surface area contributed by atoms with E-state index in [-0.39, 0.29) is 10.8 Å². The van der Waals surface area contributed by atoms with Crippen LogP contribution < -0.4 is 19.6 Å². The number of ether oxygens (including phenoxy) is 3. The number of nitrogens with one attached hydrogen (secondary N) is 1. The normalized spacial score (nSPS) is 10.7. The van der Waals surface area contributed by atoms with Crippen molar-refractivity contribution in [2.45, 2.75) is 0 Å². The highest BCUT2D eigenvalue weighted by Crippen LogP contribution is 2.37. The van der Waals surface area contributed by atoms with Crippen LogP contribution in [-0.4, -0.2) is 32.3 Å². The topological polar surface area (TPSA) is 86.2 Å². The van der Waals surface area contributed by atoms with Crippen molar-refractivity contribution in [3.63, 3.8) is 0 Å². The molecule has 0 bridgehead atoms. The van der Waals surface area contributed by atoms with Gasteiger partial charge in [0.2, 0.25) is 0 Å². The first-order valence-electron chi connectivity index (χ1n) is 9.34. The molecule has 0 radical (unpaired) electrons. The number of halogens is 3. The predicted octanol–water partition coefficient (Wildman–Crippen LogP) is 5.76. The molecule has 1 N–H and O–H groups in total. The summed E-state index contributed by atoms with van der Waals surface area (Å²) in [6.07, 6.45) is 1.41. The van der Waals surface area contributed by atoms with E-state index >= 15 is 0 Å². The summed E-state index contributed by atoms with van der Waals surface area (Å²) in [4.78, 5) is 24.7. The fourth-order valence-electron chi connectivity index (χ4n) is 2.66. The molecule has 3 rings (SSSR count). The molecule has 0 fully saturated rings. The zero-order chi connectivity index (χ0) is 24.0. The molecular formula is C23H17BrCl2N2O5. The zero-order valence-corrected chi connectivity index (χ0v) is 20.5. The van der Waals surface area contributed by atoms with Crippen LogP contribution in [0.25, 0.3) is 0 Å². The maximum atomic E-state index is 12.5. The van der Waals surface area contributed by atoms with E-state index in [1.165, 1.54) is 31.5 Å². The number of hydrazone groups is 1. The molecular weight excluding hydrogens is 535 g/mol. The molecule has 170 valence electrons. The van der Waals surface area contributed by atoms with E-state index in [1.807, 2.05) is 0 Å². The number of benzene rings is 3. The first kappa shape index (κ1) is 24.6. The van der Waals surface area contributed by atoms with Gasteiger partial charge in [0.1, 0.15) is 5.75 Å². The van der Waals surface area contributed by atoms with Crippen molar-refractivity contribution in [2.24, 2.45) is 5.10 Å². The molecule has 10 heteroatoms. The first-order valence-corrected chi connectivity index (χ1v) is 10.9. The third-order valence-electron chi connectivity index (χ3n) is 4.33. The minimum absolute atomic E-state index is 0.204. The van der Waals surface area contributed by atoms with Gasteiger partial charge in [-0.15, -0.1) is 0 Å². The van der Waals surface area contributed by atoms with Crippen LogP contribution in [0.4, 0.5) is 0 Å². The lowest BCUT2D eigenvalue weighted by molar-refractivity contribution is 0.0728. The number of rotatable bonds is 7. The average molecular weight is 552 g/mol. The number of hydrogen-bond donors (Lipinski definition) is 1. The van der Waals surface area contributed by atoms with Gasteiger partial charge < -0.3 is 14.2 Å². The lowest BCUT2D eigenvalue weighted by Gasteiger charge is -2.12. The van der Waals surface area contributed by atoms with Crippen LogP contribution in [0.15, 0.2) is 64.2 Å². The number of amides is 1. The third kappa shape index (κ3) is 6.25. The largest absolute Gasteiger partial charge is 0.497 e. The summed E-state index contributed by atoms with van der Waals surface area (Å²) in [5.41, 5.74) is 3.64. The highest BCUT2D eigenvalue weighted by molar-refractivity contribution is 9.10. The van der Waals surface area contributed by atoms with Crippen LogP contribution in [0.5, 0.6) is 17.2 Å². The van der Waals surface area contributed by atoms with Gasteiger partial charge in [0.15, 0.2) is 11.5 Å². The van der Waals surface area contributed by atoms with Crippen LogP contribution in [0.3, 0.4) is 0 Å². The number of carbonyl (C=O) groups excluding carboxylic acids is 2. The number of esters is 1. The van der Waals surface area contributed by atoms with E-state index in [4.69, 9.17) is 37.4 Å². The van der Waals surface area contributed by atoms with Crippen molar-refractivity contribution in [1.82, 2.24) is 5.43 Å². The van der Waals surface area contributed by atoms with Crippen LogP contribution in [-0.2, 0) is 0 Å². The van der Waals surface area contributed by atoms with Crippen molar-refractivity contribution in [3.8, 4) is 17.2 Å². The molecule has 33 heavy (non-hydrogen) atoms. The third-order valence-corrected chi connectivity index (χ3v) is 5.66. The van der Waals surface area contributed by atoms with Crippen molar-refractivity contribution >= 4 is 57.2 Å². The maximum absolute atomic E-state index is 12.5. The van der Waals surface area contributed by atoms with Crippen molar-refractivity contribution in [1.29, 1.82) is 0 Å². The number of hydrogen-bond acceptors (Lipinski definition) is 6. The summed E-state index contributed by atoms with van der Waals surface area (Å²) in [6, 6.07) is 14.3.